The van der Waals surface area contributed by atoms with Crippen LogP contribution in [0.4, 0.5) is 8.78 Å². The lowest BCUT2D eigenvalue weighted by molar-refractivity contribution is 0.555. The molecule has 0 aliphatic rings. The summed E-state index contributed by atoms with van der Waals surface area (Å²) in [6.07, 6.45) is 1.73. The lowest BCUT2D eigenvalue weighted by Crippen LogP contribution is -1.96. The molecule has 1 nitrogen and oxygen atoms in total. The maximum Gasteiger partial charge on any atom is 0.146 e. The first-order valence-corrected chi connectivity index (χ1v) is 2.73. The van der Waals surface area contributed by atoms with Crippen molar-refractivity contribution in [3.05, 3.63) is 29.6 Å². The van der Waals surface area contributed by atoms with Crippen molar-refractivity contribution < 1.29 is 8.78 Å². The molecule has 0 unspecified atom stereocenters. The SMILES string of the molecule is [B]Cc1c(F)cncc1F. The zero-order valence-electron chi connectivity index (χ0n) is 5.14. The summed E-state index contributed by atoms with van der Waals surface area (Å²) in [6.45, 7) is 0. The van der Waals surface area contributed by atoms with Gasteiger partial charge >= 0.3 is 0 Å². The maximum absolute atomic E-state index is 12.5. The summed E-state index contributed by atoms with van der Waals surface area (Å²) in [4.78, 5) is 3.29. The molecule has 1 aromatic heterocycles. The van der Waals surface area contributed by atoms with Crippen LogP contribution in [0.5, 0.6) is 0 Å². The fourth-order valence-electron chi connectivity index (χ4n) is 0.633. The summed E-state index contributed by atoms with van der Waals surface area (Å²) in [7, 11) is 5.04. The molecule has 0 spiro atoms. The Morgan fingerprint density at radius 2 is 1.80 bits per heavy atom. The smallest absolute Gasteiger partial charge is 0.146 e. The van der Waals surface area contributed by atoms with E-state index in [0.717, 1.165) is 12.4 Å². The minimum Gasteiger partial charge on any atom is -0.259 e. The van der Waals surface area contributed by atoms with Crippen LogP contribution in [0.25, 0.3) is 0 Å². The van der Waals surface area contributed by atoms with Gasteiger partial charge in [-0.15, -0.1) is 0 Å². The third kappa shape index (κ3) is 1.15. The van der Waals surface area contributed by atoms with Gasteiger partial charge in [-0.1, -0.05) is 6.32 Å². The van der Waals surface area contributed by atoms with E-state index in [2.05, 4.69) is 4.98 Å². The molecular formula is C6H4BF2N. The van der Waals surface area contributed by atoms with Crippen LogP contribution in [-0.2, 0) is 6.32 Å². The van der Waals surface area contributed by atoms with E-state index < -0.39 is 11.6 Å². The van der Waals surface area contributed by atoms with Gasteiger partial charge < -0.3 is 0 Å². The molecule has 4 heteroatoms. The van der Waals surface area contributed by atoms with E-state index in [0.29, 0.717) is 0 Å². The summed E-state index contributed by atoms with van der Waals surface area (Å²) >= 11 is 0. The second kappa shape index (κ2) is 2.77. The lowest BCUT2D eigenvalue weighted by Gasteiger charge is -1.97. The van der Waals surface area contributed by atoms with Gasteiger partial charge in [-0.25, -0.2) is 8.78 Å². The summed E-state index contributed by atoms with van der Waals surface area (Å²) in [5.41, 5.74) is -0.116. The fraction of sp³-hybridized carbons (Fsp3) is 0.167. The van der Waals surface area contributed by atoms with E-state index in [1.165, 1.54) is 0 Å². The number of nitrogens with zero attached hydrogens (tertiary/aromatic N) is 1. The monoisotopic (exact) mass is 139 g/mol. The molecule has 0 saturated heterocycles. The second-order valence-corrected chi connectivity index (χ2v) is 1.79. The van der Waals surface area contributed by atoms with E-state index in [1.807, 2.05) is 0 Å². The molecule has 1 aromatic rings. The molecule has 2 radical (unpaired) electrons. The van der Waals surface area contributed by atoms with Crippen molar-refractivity contribution in [2.45, 2.75) is 6.32 Å². The first-order valence-electron chi connectivity index (χ1n) is 2.73. The first-order chi connectivity index (χ1) is 4.75. The van der Waals surface area contributed by atoms with E-state index in [9.17, 15) is 8.78 Å². The van der Waals surface area contributed by atoms with E-state index in [1.54, 1.807) is 0 Å². The Balaban J connectivity index is 3.17. The van der Waals surface area contributed by atoms with Crippen molar-refractivity contribution in [3.63, 3.8) is 0 Å². The number of aromatic nitrogens is 1. The molecule has 0 aliphatic heterocycles. The average Bonchev–Trinajstić information content (AvgIpc) is 1.88. The molecule has 0 bridgehead atoms. The Morgan fingerprint density at radius 1 is 1.30 bits per heavy atom. The normalized spacial score (nSPS) is 9.80. The molecule has 0 saturated carbocycles. The molecule has 0 atom stereocenters. The van der Waals surface area contributed by atoms with Gasteiger partial charge in [0.1, 0.15) is 11.6 Å². The van der Waals surface area contributed by atoms with Crippen LogP contribution in [0, 0.1) is 11.6 Å². The van der Waals surface area contributed by atoms with Gasteiger partial charge in [0.2, 0.25) is 0 Å². The Hall–Kier alpha value is -0.925. The van der Waals surface area contributed by atoms with Gasteiger partial charge in [-0.3, -0.25) is 4.98 Å². The highest BCUT2D eigenvalue weighted by molar-refractivity contribution is 6.08. The zero-order chi connectivity index (χ0) is 7.56. The van der Waals surface area contributed by atoms with Gasteiger partial charge in [-0.2, -0.15) is 0 Å². The first kappa shape index (κ1) is 7.19. The van der Waals surface area contributed by atoms with E-state index in [-0.39, 0.29) is 11.9 Å². The minimum atomic E-state index is -0.692. The second-order valence-electron chi connectivity index (χ2n) is 1.79. The third-order valence-electron chi connectivity index (χ3n) is 1.16. The van der Waals surface area contributed by atoms with E-state index in [4.69, 9.17) is 7.85 Å². The summed E-state index contributed by atoms with van der Waals surface area (Å²) < 4.78 is 24.9. The average molecular weight is 139 g/mol. The lowest BCUT2D eigenvalue weighted by atomic mass is 9.97. The van der Waals surface area contributed by atoms with Crippen LogP contribution in [0.2, 0.25) is 0 Å². The highest BCUT2D eigenvalue weighted by atomic mass is 19.1. The Kier molecular flexibility index (Phi) is 1.99. The van der Waals surface area contributed by atoms with Crippen molar-refractivity contribution in [1.82, 2.24) is 4.98 Å². The number of pyridine rings is 1. The highest BCUT2D eigenvalue weighted by Gasteiger charge is 2.04. The van der Waals surface area contributed by atoms with Crippen LogP contribution in [0.3, 0.4) is 0 Å². The fourth-order valence-corrected chi connectivity index (χ4v) is 0.633. The number of halogens is 2. The van der Waals surface area contributed by atoms with Crippen LogP contribution < -0.4 is 0 Å². The Labute approximate surface area is 58.5 Å². The van der Waals surface area contributed by atoms with E-state index >= 15 is 0 Å². The van der Waals surface area contributed by atoms with Crippen molar-refractivity contribution in [1.29, 1.82) is 0 Å². The van der Waals surface area contributed by atoms with Gasteiger partial charge in [0.15, 0.2) is 0 Å². The van der Waals surface area contributed by atoms with Crippen molar-refractivity contribution in [2.24, 2.45) is 0 Å². The predicted molar refractivity (Wildman–Crippen MR) is 33.6 cm³/mol. The largest absolute Gasteiger partial charge is 0.259 e. The highest BCUT2D eigenvalue weighted by Crippen LogP contribution is 2.08. The molecule has 1 rings (SSSR count). The van der Waals surface area contributed by atoms with Gasteiger partial charge in [0.25, 0.3) is 0 Å². The van der Waals surface area contributed by atoms with Crippen LogP contribution >= 0.6 is 0 Å². The van der Waals surface area contributed by atoms with Crippen molar-refractivity contribution in [2.75, 3.05) is 0 Å². The number of hydrogen-bond donors (Lipinski definition) is 0. The van der Waals surface area contributed by atoms with Crippen LogP contribution in [0.1, 0.15) is 5.56 Å². The summed E-state index contributed by atoms with van der Waals surface area (Å²) in [5, 5.41) is 0. The van der Waals surface area contributed by atoms with Crippen LogP contribution in [0.15, 0.2) is 12.4 Å². The number of hydrogen-bond acceptors (Lipinski definition) is 1. The zero-order valence-corrected chi connectivity index (χ0v) is 5.14. The van der Waals surface area contributed by atoms with Gasteiger partial charge in [-0.05, 0) is 0 Å². The van der Waals surface area contributed by atoms with Crippen LogP contribution in [-0.4, -0.2) is 12.8 Å². The standard InChI is InChI=1S/C6H4BF2N/c7-1-4-5(8)2-10-3-6(4)9/h2-3H,1H2. The molecular weight excluding hydrogens is 135 g/mol. The maximum atomic E-state index is 12.5. The number of rotatable bonds is 1. The Morgan fingerprint density at radius 3 is 2.10 bits per heavy atom. The molecule has 0 aliphatic carbocycles. The summed E-state index contributed by atoms with van der Waals surface area (Å²) in [6, 6.07) is 0. The molecule has 10 heavy (non-hydrogen) atoms. The Bertz CT molecular complexity index is 219. The molecule has 1 heterocycles. The molecule has 50 valence electrons. The predicted octanol–water partition coefficient (Wildman–Crippen LogP) is 1.03. The topological polar surface area (TPSA) is 12.9 Å². The molecule has 0 aromatic carbocycles. The summed E-state index contributed by atoms with van der Waals surface area (Å²) in [5.74, 6) is -1.38. The third-order valence-corrected chi connectivity index (χ3v) is 1.16. The molecule has 0 N–H and O–H groups in total. The van der Waals surface area contributed by atoms with Crippen molar-refractivity contribution in [3.8, 4) is 0 Å². The van der Waals surface area contributed by atoms with Gasteiger partial charge in [0, 0.05) is 5.56 Å². The molecule has 0 fully saturated rings. The minimum absolute atomic E-state index is 0.116. The van der Waals surface area contributed by atoms with Crippen molar-refractivity contribution >= 4 is 7.85 Å². The quantitative estimate of drug-likeness (QED) is 0.529. The van der Waals surface area contributed by atoms with Gasteiger partial charge in [0.05, 0.1) is 20.2 Å². The molecule has 0 amide bonds.